The molecular formula is C16H24N2O. The van der Waals surface area contributed by atoms with E-state index in [2.05, 4.69) is 34.5 Å². The molecular weight excluding hydrogens is 236 g/mol. The lowest BCUT2D eigenvalue weighted by molar-refractivity contribution is -0.127. The van der Waals surface area contributed by atoms with Crippen LogP contribution < -0.4 is 5.32 Å². The van der Waals surface area contributed by atoms with Crippen LogP contribution in [0.4, 0.5) is 0 Å². The molecule has 1 unspecified atom stereocenters. The second kappa shape index (κ2) is 5.33. The maximum Gasteiger partial charge on any atom is 0.237 e. The summed E-state index contributed by atoms with van der Waals surface area (Å²) in [5, 5.41) is 3.06. The minimum atomic E-state index is -0.168. The molecule has 104 valence electrons. The van der Waals surface area contributed by atoms with Crippen molar-refractivity contribution >= 4 is 5.91 Å². The number of amides is 1. The average Bonchev–Trinajstić information content (AvgIpc) is 2.35. The molecule has 2 rings (SSSR count). The normalized spacial score (nSPS) is 17.7. The van der Waals surface area contributed by atoms with E-state index in [1.165, 1.54) is 11.1 Å². The topological polar surface area (TPSA) is 32.3 Å². The van der Waals surface area contributed by atoms with Crippen molar-refractivity contribution in [3.63, 3.8) is 0 Å². The highest BCUT2D eigenvalue weighted by molar-refractivity contribution is 5.82. The maximum absolute atomic E-state index is 12.2. The van der Waals surface area contributed by atoms with Gasteiger partial charge >= 0.3 is 0 Å². The van der Waals surface area contributed by atoms with E-state index in [-0.39, 0.29) is 17.5 Å². The van der Waals surface area contributed by atoms with Crippen molar-refractivity contribution < 1.29 is 4.79 Å². The smallest absolute Gasteiger partial charge is 0.237 e. The van der Waals surface area contributed by atoms with Crippen LogP contribution in [0.5, 0.6) is 0 Å². The maximum atomic E-state index is 12.2. The van der Waals surface area contributed by atoms with Gasteiger partial charge in [0.2, 0.25) is 5.91 Å². The van der Waals surface area contributed by atoms with Gasteiger partial charge < -0.3 is 5.32 Å². The number of fused-ring (bicyclic) bond motifs is 1. The molecule has 19 heavy (non-hydrogen) atoms. The quantitative estimate of drug-likeness (QED) is 0.885. The Labute approximate surface area is 116 Å². The van der Waals surface area contributed by atoms with E-state index in [9.17, 15) is 4.79 Å². The van der Waals surface area contributed by atoms with Gasteiger partial charge in [-0.3, -0.25) is 9.69 Å². The Bertz CT molecular complexity index is 462. The number of nitrogens with one attached hydrogen (secondary N) is 1. The largest absolute Gasteiger partial charge is 0.350 e. The Morgan fingerprint density at radius 2 is 1.89 bits per heavy atom. The molecule has 1 aliphatic heterocycles. The van der Waals surface area contributed by atoms with Crippen LogP contribution in [0.15, 0.2) is 24.3 Å². The number of rotatable bonds is 2. The summed E-state index contributed by atoms with van der Waals surface area (Å²) in [5.41, 5.74) is 2.60. The summed E-state index contributed by atoms with van der Waals surface area (Å²) in [4.78, 5) is 14.5. The summed E-state index contributed by atoms with van der Waals surface area (Å²) in [5.74, 6) is 0.117. The van der Waals surface area contributed by atoms with Crippen molar-refractivity contribution in [3.05, 3.63) is 35.4 Å². The van der Waals surface area contributed by atoms with Crippen molar-refractivity contribution in [2.75, 3.05) is 6.54 Å². The molecule has 0 fully saturated rings. The number of nitrogens with zero attached hydrogens (tertiary/aromatic N) is 1. The summed E-state index contributed by atoms with van der Waals surface area (Å²) in [7, 11) is 0. The Morgan fingerprint density at radius 3 is 2.53 bits per heavy atom. The molecule has 1 aromatic carbocycles. The zero-order chi connectivity index (χ0) is 14.0. The number of carbonyl (C=O) groups excluding carboxylic acids is 1. The van der Waals surface area contributed by atoms with E-state index < -0.39 is 0 Å². The third-order valence-electron chi connectivity index (χ3n) is 3.59. The Hall–Kier alpha value is -1.35. The molecule has 1 aliphatic rings. The lowest BCUT2D eigenvalue weighted by atomic mass is 9.98. The lowest BCUT2D eigenvalue weighted by Crippen LogP contribution is -2.51. The fourth-order valence-electron chi connectivity index (χ4n) is 2.49. The van der Waals surface area contributed by atoms with Crippen LogP contribution in [0.3, 0.4) is 0 Å². The van der Waals surface area contributed by atoms with Crippen LogP contribution in [-0.2, 0) is 17.8 Å². The first-order valence-electron chi connectivity index (χ1n) is 7.00. The third-order valence-corrected chi connectivity index (χ3v) is 3.59. The van der Waals surface area contributed by atoms with Crippen molar-refractivity contribution in [1.82, 2.24) is 10.2 Å². The minimum absolute atomic E-state index is 0.0763. The van der Waals surface area contributed by atoms with Gasteiger partial charge in [-0.2, -0.15) is 0 Å². The first-order valence-corrected chi connectivity index (χ1v) is 7.00. The summed E-state index contributed by atoms with van der Waals surface area (Å²) in [6, 6.07) is 8.43. The molecule has 0 spiro atoms. The average molecular weight is 260 g/mol. The second-order valence-corrected chi connectivity index (χ2v) is 6.40. The molecule has 1 heterocycles. The van der Waals surface area contributed by atoms with Crippen LogP contribution in [0, 0.1) is 0 Å². The zero-order valence-corrected chi connectivity index (χ0v) is 12.4. The fraction of sp³-hybridized carbons (Fsp3) is 0.562. The van der Waals surface area contributed by atoms with Crippen LogP contribution in [-0.4, -0.2) is 28.9 Å². The monoisotopic (exact) mass is 260 g/mol. The Morgan fingerprint density at radius 1 is 1.26 bits per heavy atom. The summed E-state index contributed by atoms with van der Waals surface area (Å²) >= 11 is 0. The molecule has 1 amide bonds. The number of benzene rings is 1. The van der Waals surface area contributed by atoms with E-state index in [1.54, 1.807) is 0 Å². The molecule has 1 aromatic rings. The summed E-state index contributed by atoms with van der Waals surface area (Å²) in [6.07, 6.45) is 1.03. The fourth-order valence-corrected chi connectivity index (χ4v) is 2.49. The standard InChI is InChI=1S/C16H24N2O/c1-12(15(19)17-16(2,3)4)18-10-9-13-7-5-6-8-14(13)11-18/h5-8,12H,9-11H2,1-4H3,(H,17,19). The van der Waals surface area contributed by atoms with Gasteiger partial charge in [-0.25, -0.2) is 0 Å². The molecule has 0 saturated heterocycles. The van der Waals surface area contributed by atoms with Gasteiger partial charge in [0.25, 0.3) is 0 Å². The highest BCUT2D eigenvalue weighted by atomic mass is 16.2. The predicted molar refractivity (Wildman–Crippen MR) is 77.9 cm³/mol. The van der Waals surface area contributed by atoms with E-state index in [1.807, 2.05) is 27.7 Å². The molecule has 0 aliphatic carbocycles. The van der Waals surface area contributed by atoms with Gasteiger partial charge in [0.15, 0.2) is 0 Å². The molecule has 0 saturated carbocycles. The van der Waals surface area contributed by atoms with Crippen molar-refractivity contribution in [2.24, 2.45) is 0 Å². The Kier molecular flexibility index (Phi) is 3.95. The van der Waals surface area contributed by atoms with E-state index >= 15 is 0 Å². The first-order chi connectivity index (χ1) is 8.87. The summed E-state index contributed by atoms with van der Waals surface area (Å²) < 4.78 is 0. The van der Waals surface area contributed by atoms with Gasteiger partial charge in [0.05, 0.1) is 6.04 Å². The molecule has 0 aromatic heterocycles. The molecule has 0 radical (unpaired) electrons. The Balaban J connectivity index is 2.02. The van der Waals surface area contributed by atoms with Crippen LogP contribution in [0.1, 0.15) is 38.8 Å². The summed E-state index contributed by atoms with van der Waals surface area (Å²) in [6.45, 7) is 9.87. The molecule has 1 N–H and O–H groups in total. The minimum Gasteiger partial charge on any atom is -0.350 e. The molecule has 0 bridgehead atoms. The van der Waals surface area contributed by atoms with Crippen molar-refractivity contribution in [1.29, 1.82) is 0 Å². The third kappa shape index (κ3) is 3.57. The lowest BCUT2D eigenvalue weighted by Gasteiger charge is -2.34. The van der Waals surface area contributed by atoms with E-state index in [0.29, 0.717) is 0 Å². The zero-order valence-electron chi connectivity index (χ0n) is 12.4. The van der Waals surface area contributed by atoms with E-state index in [4.69, 9.17) is 0 Å². The van der Waals surface area contributed by atoms with Crippen molar-refractivity contribution in [2.45, 2.75) is 52.2 Å². The van der Waals surface area contributed by atoms with Crippen LogP contribution in [0.2, 0.25) is 0 Å². The predicted octanol–water partition coefficient (Wildman–Crippen LogP) is 2.35. The highest BCUT2D eigenvalue weighted by Crippen LogP contribution is 2.20. The van der Waals surface area contributed by atoms with Gasteiger partial charge in [-0.15, -0.1) is 0 Å². The van der Waals surface area contributed by atoms with Crippen LogP contribution in [0.25, 0.3) is 0 Å². The first kappa shape index (κ1) is 14.1. The van der Waals surface area contributed by atoms with Gasteiger partial charge in [0, 0.05) is 18.6 Å². The highest BCUT2D eigenvalue weighted by Gasteiger charge is 2.27. The van der Waals surface area contributed by atoms with E-state index in [0.717, 1.165) is 19.5 Å². The SMILES string of the molecule is CC(C(=O)NC(C)(C)C)N1CCc2ccccc2C1. The van der Waals surface area contributed by atoms with Gasteiger partial charge in [0.1, 0.15) is 0 Å². The molecule has 3 heteroatoms. The van der Waals surface area contributed by atoms with Gasteiger partial charge in [-0.05, 0) is 45.2 Å². The number of hydrogen-bond donors (Lipinski definition) is 1. The number of hydrogen-bond acceptors (Lipinski definition) is 2. The van der Waals surface area contributed by atoms with Gasteiger partial charge in [-0.1, -0.05) is 24.3 Å². The number of carbonyl (C=O) groups is 1. The van der Waals surface area contributed by atoms with Crippen molar-refractivity contribution in [3.8, 4) is 0 Å². The molecule has 1 atom stereocenters. The van der Waals surface area contributed by atoms with Crippen LogP contribution >= 0.6 is 0 Å². The molecule has 3 nitrogen and oxygen atoms in total. The second-order valence-electron chi connectivity index (χ2n) is 6.40.